The molecule has 0 amide bonds. The standard InChI is InChI=1S/C19H28N6O.HI/c1-24-15-18(14-23-24)17-5-2-4-16(12-17)13-22-19(20)21-6-3-7-25-8-10-26-11-9-25;/h2,4-5,12,14-15H,3,6-11,13H2,1H3,(H3,20,21,22);1H. The van der Waals surface area contributed by atoms with Gasteiger partial charge < -0.3 is 15.8 Å². The summed E-state index contributed by atoms with van der Waals surface area (Å²) in [5, 5.41) is 7.42. The van der Waals surface area contributed by atoms with Gasteiger partial charge in [0, 0.05) is 38.4 Å². The maximum absolute atomic E-state index is 5.99. The fraction of sp³-hybridized carbons (Fsp3) is 0.474. The number of nitrogens with one attached hydrogen (secondary N) is 1. The maximum atomic E-state index is 5.99. The lowest BCUT2D eigenvalue weighted by atomic mass is 10.1. The molecule has 0 atom stereocenters. The second kappa shape index (κ2) is 11.3. The van der Waals surface area contributed by atoms with Gasteiger partial charge in [-0.3, -0.25) is 9.58 Å². The number of nitrogens with zero attached hydrogens (tertiary/aromatic N) is 4. The minimum atomic E-state index is 0. The molecular weight excluding hydrogens is 455 g/mol. The van der Waals surface area contributed by atoms with Gasteiger partial charge in [-0.2, -0.15) is 5.10 Å². The number of aryl methyl sites for hydroxylation is 1. The number of hydrogen-bond donors (Lipinski definition) is 2. The predicted molar refractivity (Wildman–Crippen MR) is 119 cm³/mol. The summed E-state index contributed by atoms with van der Waals surface area (Å²) in [6.45, 7) is 6.20. The molecule has 7 nitrogen and oxygen atoms in total. The highest BCUT2D eigenvalue weighted by molar-refractivity contribution is 14.0. The van der Waals surface area contributed by atoms with Crippen molar-refractivity contribution in [3.05, 3.63) is 42.2 Å². The molecule has 2 aromatic rings. The molecular formula is C19H29IN6O. The molecule has 0 saturated carbocycles. The molecule has 1 aliphatic heterocycles. The molecule has 3 rings (SSSR count). The Balaban J connectivity index is 0.00000261. The third-order valence-corrected chi connectivity index (χ3v) is 4.46. The van der Waals surface area contributed by atoms with Crippen molar-refractivity contribution in [3.63, 3.8) is 0 Å². The van der Waals surface area contributed by atoms with E-state index in [2.05, 4.69) is 38.5 Å². The number of benzene rings is 1. The van der Waals surface area contributed by atoms with E-state index in [4.69, 9.17) is 10.5 Å². The van der Waals surface area contributed by atoms with Crippen LogP contribution in [0.1, 0.15) is 12.0 Å². The Labute approximate surface area is 178 Å². The normalized spacial score (nSPS) is 15.4. The Morgan fingerprint density at radius 3 is 2.85 bits per heavy atom. The molecule has 1 aliphatic rings. The van der Waals surface area contributed by atoms with Gasteiger partial charge in [-0.25, -0.2) is 4.99 Å². The SMILES string of the molecule is Cn1cc(-c2cccc(CN=C(N)NCCCN3CCOCC3)c2)cn1.I. The summed E-state index contributed by atoms with van der Waals surface area (Å²) >= 11 is 0. The van der Waals surface area contributed by atoms with Gasteiger partial charge in [0.1, 0.15) is 0 Å². The highest BCUT2D eigenvalue weighted by Crippen LogP contribution is 2.19. The van der Waals surface area contributed by atoms with E-state index in [9.17, 15) is 0 Å². The number of rotatable bonds is 7. The van der Waals surface area contributed by atoms with Crippen molar-refractivity contribution in [1.82, 2.24) is 20.0 Å². The first-order valence-electron chi connectivity index (χ1n) is 9.12. The zero-order valence-corrected chi connectivity index (χ0v) is 18.1. The summed E-state index contributed by atoms with van der Waals surface area (Å²) < 4.78 is 7.16. The van der Waals surface area contributed by atoms with Crippen LogP contribution < -0.4 is 11.1 Å². The van der Waals surface area contributed by atoms with Gasteiger partial charge in [-0.1, -0.05) is 18.2 Å². The van der Waals surface area contributed by atoms with Crippen LogP contribution in [-0.2, 0) is 18.3 Å². The number of aromatic nitrogens is 2. The van der Waals surface area contributed by atoms with Crippen LogP contribution in [0, 0.1) is 0 Å². The van der Waals surface area contributed by atoms with Gasteiger partial charge in [0.15, 0.2) is 5.96 Å². The second-order valence-electron chi connectivity index (χ2n) is 6.54. The lowest BCUT2D eigenvalue weighted by Gasteiger charge is -2.26. The van der Waals surface area contributed by atoms with Crippen molar-refractivity contribution in [2.75, 3.05) is 39.4 Å². The molecule has 8 heteroatoms. The van der Waals surface area contributed by atoms with Crippen molar-refractivity contribution >= 4 is 29.9 Å². The van der Waals surface area contributed by atoms with Crippen LogP contribution in [-0.4, -0.2) is 60.0 Å². The van der Waals surface area contributed by atoms with E-state index in [1.54, 1.807) is 4.68 Å². The lowest BCUT2D eigenvalue weighted by molar-refractivity contribution is 0.0376. The Morgan fingerprint density at radius 2 is 2.11 bits per heavy atom. The van der Waals surface area contributed by atoms with Crippen LogP contribution in [0.5, 0.6) is 0 Å². The molecule has 0 bridgehead atoms. The number of halogens is 1. The average molecular weight is 484 g/mol. The quantitative estimate of drug-likeness (QED) is 0.271. The molecule has 1 saturated heterocycles. The lowest BCUT2D eigenvalue weighted by Crippen LogP contribution is -2.39. The van der Waals surface area contributed by atoms with Crippen molar-refractivity contribution in [2.45, 2.75) is 13.0 Å². The summed E-state index contributed by atoms with van der Waals surface area (Å²) in [6, 6.07) is 8.32. The van der Waals surface area contributed by atoms with E-state index in [0.717, 1.165) is 62.5 Å². The Bertz CT molecular complexity index is 726. The van der Waals surface area contributed by atoms with Crippen molar-refractivity contribution in [3.8, 4) is 11.1 Å². The van der Waals surface area contributed by atoms with Crippen LogP contribution in [0.3, 0.4) is 0 Å². The van der Waals surface area contributed by atoms with E-state index < -0.39 is 0 Å². The van der Waals surface area contributed by atoms with E-state index >= 15 is 0 Å². The van der Waals surface area contributed by atoms with Gasteiger partial charge in [-0.15, -0.1) is 24.0 Å². The fourth-order valence-corrected chi connectivity index (χ4v) is 3.00. The summed E-state index contributed by atoms with van der Waals surface area (Å²) in [5.74, 6) is 0.499. The molecule has 148 valence electrons. The first-order valence-corrected chi connectivity index (χ1v) is 9.12. The fourth-order valence-electron chi connectivity index (χ4n) is 3.00. The van der Waals surface area contributed by atoms with Gasteiger partial charge >= 0.3 is 0 Å². The molecule has 0 radical (unpaired) electrons. The zero-order chi connectivity index (χ0) is 18.2. The van der Waals surface area contributed by atoms with Crippen molar-refractivity contribution in [1.29, 1.82) is 0 Å². The summed E-state index contributed by atoms with van der Waals surface area (Å²) in [5.41, 5.74) is 9.36. The van der Waals surface area contributed by atoms with Gasteiger partial charge in [0.05, 0.1) is 26.0 Å². The van der Waals surface area contributed by atoms with Crippen LogP contribution in [0.25, 0.3) is 11.1 Å². The second-order valence-corrected chi connectivity index (χ2v) is 6.54. The molecule has 0 unspecified atom stereocenters. The monoisotopic (exact) mass is 484 g/mol. The molecule has 1 aromatic heterocycles. The third-order valence-electron chi connectivity index (χ3n) is 4.46. The largest absolute Gasteiger partial charge is 0.379 e. The van der Waals surface area contributed by atoms with Crippen LogP contribution in [0.15, 0.2) is 41.7 Å². The number of aliphatic imine (C=N–C) groups is 1. The number of ether oxygens (including phenoxy) is 1. The molecule has 2 heterocycles. The Morgan fingerprint density at radius 1 is 1.30 bits per heavy atom. The van der Waals surface area contributed by atoms with Gasteiger partial charge in [-0.05, 0) is 30.2 Å². The highest BCUT2D eigenvalue weighted by atomic mass is 127. The van der Waals surface area contributed by atoms with E-state index in [1.165, 1.54) is 0 Å². The molecule has 0 aliphatic carbocycles. The topological polar surface area (TPSA) is 80.7 Å². The molecule has 0 spiro atoms. The smallest absolute Gasteiger partial charge is 0.188 e. The predicted octanol–water partition coefficient (Wildman–Crippen LogP) is 1.83. The molecule has 27 heavy (non-hydrogen) atoms. The zero-order valence-electron chi connectivity index (χ0n) is 15.8. The van der Waals surface area contributed by atoms with Crippen LogP contribution in [0.4, 0.5) is 0 Å². The van der Waals surface area contributed by atoms with E-state index in [1.807, 2.05) is 25.5 Å². The van der Waals surface area contributed by atoms with Crippen molar-refractivity contribution in [2.24, 2.45) is 17.8 Å². The average Bonchev–Trinajstić information content (AvgIpc) is 3.11. The number of guanidine groups is 1. The van der Waals surface area contributed by atoms with E-state index in [-0.39, 0.29) is 24.0 Å². The van der Waals surface area contributed by atoms with Crippen LogP contribution >= 0.6 is 24.0 Å². The van der Waals surface area contributed by atoms with E-state index in [0.29, 0.717) is 12.5 Å². The van der Waals surface area contributed by atoms with Crippen molar-refractivity contribution < 1.29 is 4.74 Å². The number of morpholine rings is 1. The minimum Gasteiger partial charge on any atom is -0.379 e. The summed E-state index contributed by atoms with van der Waals surface area (Å²) in [4.78, 5) is 6.87. The van der Waals surface area contributed by atoms with Crippen LogP contribution in [0.2, 0.25) is 0 Å². The minimum absolute atomic E-state index is 0. The first kappa shape index (κ1) is 21.6. The summed E-state index contributed by atoms with van der Waals surface area (Å²) in [7, 11) is 1.92. The number of hydrogen-bond acceptors (Lipinski definition) is 4. The first-order chi connectivity index (χ1) is 12.7. The highest BCUT2D eigenvalue weighted by Gasteiger charge is 2.09. The number of nitrogens with two attached hydrogens (primary N) is 1. The summed E-state index contributed by atoms with van der Waals surface area (Å²) in [6.07, 6.45) is 4.92. The molecule has 3 N–H and O–H groups in total. The maximum Gasteiger partial charge on any atom is 0.188 e. The molecule has 1 aromatic carbocycles. The third kappa shape index (κ3) is 7.11. The van der Waals surface area contributed by atoms with Gasteiger partial charge in [0.25, 0.3) is 0 Å². The molecule has 1 fully saturated rings. The Kier molecular flexibility index (Phi) is 9.02. The Hall–Kier alpha value is -1.65. The van der Waals surface area contributed by atoms with Gasteiger partial charge in [0.2, 0.25) is 0 Å².